The van der Waals surface area contributed by atoms with Gasteiger partial charge in [-0.25, -0.2) is 4.79 Å². The van der Waals surface area contributed by atoms with E-state index in [1.807, 2.05) is 0 Å². The predicted octanol–water partition coefficient (Wildman–Crippen LogP) is 4.72. The Kier molecular flexibility index (Phi) is 5.53. The second kappa shape index (κ2) is 7.40. The fraction of sp³-hybridized carbons (Fsp3) is 0.118. The number of aromatic hydroxyl groups is 1. The van der Waals surface area contributed by atoms with Crippen LogP contribution in [0.2, 0.25) is 10.0 Å². The summed E-state index contributed by atoms with van der Waals surface area (Å²) in [4.78, 5) is 11.6. The number of carbonyl (C=O) groups is 1. The Morgan fingerprint density at radius 1 is 1.17 bits per heavy atom. The Labute approximate surface area is 143 Å². The lowest BCUT2D eigenvalue weighted by atomic mass is 10.0. The summed E-state index contributed by atoms with van der Waals surface area (Å²) >= 11 is 11.8. The molecule has 0 atom stereocenters. The summed E-state index contributed by atoms with van der Waals surface area (Å²) in [5.74, 6) is -0.815. The minimum Gasteiger partial charge on any atom is -0.504 e. The van der Waals surface area contributed by atoms with Crippen LogP contribution in [0.25, 0.3) is 11.6 Å². The predicted molar refractivity (Wildman–Crippen MR) is 91.2 cm³/mol. The van der Waals surface area contributed by atoms with E-state index in [-0.39, 0.29) is 16.3 Å². The maximum Gasteiger partial charge on any atom is 0.336 e. The third-order valence-electron chi connectivity index (χ3n) is 3.06. The van der Waals surface area contributed by atoms with E-state index in [1.165, 1.54) is 18.2 Å². The van der Waals surface area contributed by atoms with E-state index in [2.05, 4.69) is 0 Å². The second-order valence-electron chi connectivity index (χ2n) is 4.65. The summed E-state index contributed by atoms with van der Waals surface area (Å²) in [6, 6.07) is 9.23. The van der Waals surface area contributed by atoms with Crippen LogP contribution in [-0.2, 0) is 4.79 Å². The molecule has 0 aliphatic heterocycles. The lowest BCUT2D eigenvalue weighted by Crippen LogP contribution is -2.00. The third kappa shape index (κ3) is 4.18. The van der Waals surface area contributed by atoms with Crippen molar-refractivity contribution in [3.8, 4) is 11.5 Å². The lowest BCUT2D eigenvalue weighted by molar-refractivity contribution is -0.130. The van der Waals surface area contributed by atoms with Gasteiger partial charge in [0.15, 0.2) is 11.5 Å². The van der Waals surface area contributed by atoms with Crippen molar-refractivity contribution in [1.82, 2.24) is 0 Å². The molecular weight excluding hydrogens is 339 g/mol. The molecule has 0 aliphatic carbocycles. The number of carboxylic acids is 1. The zero-order valence-corrected chi connectivity index (χ0v) is 13.7. The summed E-state index contributed by atoms with van der Waals surface area (Å²) in [5.41, 5.74) is 1.06. The van der Waals surface area contributed by atoms with Crippen molar-refractivity contribution in [2.45, 2.75) is 6.92 Å². The monoisotopic (exact) mass is 352 g/mol. The number of ether oxygens (including phenoxy) is 1. The molecule has 0 saturated heterocycles. The molecule has 0 bridgehead atoms. The van der Waals surface area contributed by atoms with Crippen LogP contribution in [0, 0.1) is 0 Å². The minimum atomic E-state index is -1.10. The highest BCUT2D eigenvalue weighted by molar-refractivity contribution is 6.42. The molecule has 0 spiro atoms. The quantitative estimate of drug-likeness (QED) is 0.603. The van der Waals surface area contributed by atoms with E-state index >= 15 is 0 Å². The molecule has 23 heavy (non-hydrogen) atoms. The van der Waals surface area contributed by atoms with Crippen LogP contribution in [0.4, 0.5) is 0 Å². The highest BCUT2D eigenvalue weighted by Crippen LogP contribution is 2.30. The molecule has 0 unspecified atom stereocenters. The number of rotatable bonds is 5. The van der Waals surface area contributed by atoms with Crippen LogP contribution < -0.4 is 4.74 Å². The number of hydrogen-bond donors (Lipinski definition) is 2. The SMILES string of the molecule is CCOc1cc(/C=C(\C(=O)O)c2ccc(Cl)c(Cl)c2)ccc1O. The maximum absolute atomic E-state index is 11.6. The normalized spacial score (nSPS) is 11.3. The summed E-state index contributed by atoms with van der Waals surface area (Å²) in [7, 11) is 0. The second-order valence-corrected chi connectivity index (χ2v) is 5.47. The van der Waals surface area contributed by atoms with Crippen molar-refractivity contribution in [1.29, 1.82) is 0 Å². The summed E-state index contributed by atoms with van der Waals surface area (Å²) < 4.78 is 5.29. The van der Waals surface area contributed by atoms with Crippen molar-refractivity contribution in [2.75, 3.05) is 6.61 Å². The van der Waals surface area contributed by atoms with E-state index in [0.29, 0.717) is 28.5 Å². The average molecular weight is 353 g/mol. The lowest BCUT2D eigenvalue weighted by Gasteiger charge is -2.08. The molecule has 2 N–H and O–H groups in total. The van der Waals surface area contributed by atoms with Crippen LogP contribution in [0.15, 0.2) is 36.4 Å². The number of phenols is 1. The number of halogens is 2. The maximum atomic E-state index is 11.6. The summed E-state index contributed by atoms with van der Waals surface area (Å²) in [6.45, 7) is 2.18. The first-order chi connectivity index (χ1) is 10.9. The first kappa shape index (κ1) is 17.2. The minimum absolute atomic E-state index is 0.00425. The van der Waals surface area contributed by atoms with E-state index < -0.39 is 5.97 Å². The van der Waals surface area contributed by atoms with Gasteiger partial charge in [-0.3, -0.25) is 0 Å². The number of hydrogen-bond acceptors (Lipinski definition) is 3. The van der Waals surface area contributed by atoms with Crippen molar-refractivity contribution in [3.05, 3.63) is 57.6 Å². The molecular formula is C17H14Cl2O4. The molecule has 0 aromatic heterocycles. The summed E-state index contributed by atoms with van der Waals surface area (Å²) in [5, 5.41) is 19.8. The molecule has 2 rings (SSSR count). The first-order valence-corrected chi connectivity index (χ1v) is 7.54. The van der Waals surface area contributed by atoms with Crippen molar-refractivity contribution < 1.29 is 19.7 Å². The molecule has 0 saturated carbocycles. The van der Waals surface area contributed by atoms with Gasteiger partial charge in [0.25, 0.3) is 0 Å². The van der Waals surface area contributed by atoms with Gasteiger partial charge in [0.1, 0.15) is 0 Å². The molecule has 6 heteroatoms. The third-order valence-corrected chi connectivity index (χ3v) is 3.79. The Balaban J connectivity index is 2.49. The van der Waals surface area contributed by atoms with Crippen LogP contribution in [0.5, 0.6) is 11.5 Å². The smallest absolute Gasteiger partial charge is 0.336 e. The Morgan fingerprint density at radius 2 is 1.91 bits per heavy atom. The van der Waals surface area contributed by atoms with E-state index in [1.54, 1.807) is 31.2 Å². The van der Waals surface area contributed by atoms with Crippen LogP contribution in [-0.4, -0.2) is 22.8 Å². The average Bonchev–Trinajstić information content (AvgIpc) is 2.51. The Bertz CT molecular complexity index is 769. The molecule has 0 fully saturated rings. The van der Waals surface area contributed by atoms with Gasteiger partial charge in [0.2, 0.25) is 0 Å². The van der Waals surface area contributed by atoms with E-state index in [4.69, 9.17) is 27.9 Å². The molecule has 0 heterocycles. The van der Waals surface area contributed by atoms with Gasteiger partial charge in [0, 0.05) is 0 Å². The number of phenolic OH excluding ortho intramolecular Hbond substituents is 1. The van der Waals surface area contributed by atoms with Gasteiger partial charge < -0.3 is 14.9 Å². The van der Waals surface area contributed by atoms with Crippen molar-refractivity contribution >= 4 is 40.8 Å². The van der Waals surface area contributed by atoms with Crippen molar-refractivity contribution in [2.24, 2.45) is 0 Å². The van der Waals surface area contributed by atoms with Gasteiger partial charge in [-0.1, -0.05) is 35.3 Å². The topological polar surface area (TPSA) is 66.8 Å². The molecule has 2 aromatic carbocycles. The van der Waals surface area contributed by atoms with Crippen LogP contribution in [0.3, 0.4) is 0 Å². The molecule has 2 aromatic rings. The van der Waals surface area contributed by atoms with Crippen LogP contribution >= 0.6 is 23.2 Å². The highest BCUT2D eigenvalue weighted by Gasteiger charge is 2.13. The fourth-order valence-corrected chi connectivity index (χ4v) is 2.29. The highest BCUT2D eigenvalue weighted by atomic mass is 35.5. The van der Waals surface area contributed by atoms with Gasteiger partial charge >= 0.3 is 5.97 Å². The van der Waals surface area contributed by atoms with Gasteiger partial charge in [-0.05, 0) is 48.4 Å². The first-order valence-electron chi connectivity index (χ1n) is 6.78. The molecule has 0 aliphatic rings. The molecule has 0 radical (unpaired) electrons. The molecule has 4 nitrogen and oxygen atoms in total. The molecule has 120 valence electrons. The Hall–Kier alpha value is -2.17. The number of carboxylic acid groups (broad SMARTS) is 1. The van der Waals surface area contributed by atoms with Gasteiger partial charge in [-0.2, -0.15) is 0 Å². The standard InChI is InChI=1S/C17H14Cl2O4/c1-2-23-16-8-10(3-6-15(16)20)7-12(17(21)22)11-4-5-13(18)14(19)9-11/h3-9,20H,2H2,1H3,(H,21,22)/b12-7-. The zero-order chi connectivity index (χ0) is 17.0. The number of aliphatic carboxylic acids is 1. The Morgan fingerprint density at radius 3 is 2.52 bits per heavy atom. The van der Waals surface area contributed by atoms with Crippen molar-refractivity contribution in [3.63, 3.8) is 0 Å². The largest absolute Gasteiger partial charge is 0.504 e. The van der Waals surface area contributed by atoms with Crippen LogP contribution in [0.1, 0.15) is 18.1 Å². The molecule has 0 amide bonds. The van der Waals surface area contributed by atoms with E-state index in [0.717, 1.165) is 0 Å². The number of benzene rings is 2. The summed E-state index contributed by atoms with van der Waals surface area (Å²) in [6.07, 6.45) is 1.48. The zero-order valence-electron chi connectivity index (χ0n) is 12.2. The van der Waals surface area contributed by atoms with Gasteiger partial charge in [-0.15, -0.1) is 0 Å². The van der Waals surface area contributed by atoms with E-state index in [9.17, 15) is 15.0 Å². The van der Waals surface area contributed by atoms with Gasteiger partial charge in [0.05, 0.1) is 22.2 Å². The fourth-order valence-electron chi connectivity index (χ4n) is 1.99.